The molecule has 0 saturated carbocycles. The number of fused-ring (bicyclic) bond motifs is 2. The standard InChI is InChI=1S/C11H9ClN4O2S/c1-17-9-7-8(15-11(16-9)18-2)13-5-3-4-6(12)14-10(5)19-7/h3-4H,1-2H3,(H,13,15,16). The minimum atomic E-state index is 0.245. The summed E-state index contributed by atoms with van der Waals surface area (Å²) < 4.78 is 10.3. The van der Waals surface area contributed by atoms with Crippen LogP contribution in [-0.2, 0) is 0 Å². The van der Waals surface area contributed by atoms with E-state index in [9.17, 15) is 0 Å². The second kappa shape index (κ2) is 4.75. The number of aromatic nitrogens is 3. The van der Waals surface area contributed by atoms with Gasteiger partial charge in [-0.05, 0) is 12.1 Å². The molecule has 0 bridgehead atoms. The van der Waals surface area contributed by atoms with Gasteiger partial charge in [0.25, 0.3) is 0 Å². The third kappa shape index (κ3) is 2.15. The number of nitrogens with zero attached hydrogens (tertiary/aromatic N) is 3. The highest BCUT2D eigenvalue weighted by Crippen LogP contribution is 2.46. The first-order valence-corrected chi connectivity index (χ1v) is 6.52. The maximum atomic E-state index is 5.89. The molecule has 0 spiro atoms. The van der Waals surface area contributed by atoms with Crippen molar-refractivity contribution in [2.24, 2.45) is 0 Å². The van der Waals surface area contributed by atoms with Gasteiger partial charge in [-0.2, -0.15) is 9.97 Å². The first kappa shape index (κ1) is 12.3. The Morgan fingerprint density at radius 1 is 1.16 bits per heavy atom. The molecule has 2 aromatic rings. The number of hydrogen-bond acceptors (Lipinski definition) is 7. The predicted molar refractivity (Wildman–Crippen MR) is 71.8 cm³/mol. The summed E-state index contributed by atoms with van der Waals surface area (Å²) in [6.07, 6.45) is 0. The van der Waals surface area contributed by atoms with Crippen LogP contribution in [0, 0.1) is 0 Å². The van der Waals surface area contributed by atoms with E-state index in [1.165, 1.54) is 18.9 Å². The van der Waals surface area contributed by atoms with Crippen LogP contribution in [0.1, 0.15) is 0 Å². The van der Waals surface area contributed by atoms with Crippen LogP contribution in [0.2, 0.25) is 5.15 Å². The van der Waals surface area contributed by atoms with E-state index in [0.29, 0.717) is 16.9 Å². The van der Waals surface area contributed by atoms with Crippen LogP contribution in [0.25, 0.3) is 0 Å². The van der Waals surface area contributed by atoms with Crippen LogP contribution in [-0.4, -0.2) is 29.2 Å². The summed E-state index contributed by atoms with van der Waals surface area (Å²) in [6, 6.07) is 3.81. The maximum Gasteiger partial charge on any atom is 0.321 e. The normalized spacial score (nSPS) is 12.2. The minimum absolute atomic E-state index is 0.245. The molecule has 3 rings (SSSR count). The van der Waals surface area contributed by atoms with Crippen molar-refractivity contribution in [3.8, 4) is 11.9 Å². The van der Waals surface area contributed by atoms with Gasteiger partial charge in [0.15, 0.2) is 5.82 Å². The Morgan fingerprint density at radius 2 is 2.00 bits per heavy atom. The van der Waals surface area contributed by atoms with Gasteiger partial charge in [-0.3, -0.25) is 0 Å². The molecule has 1 N–H and O–H groups in total. The second-order valence-corrected chi connectivity index (χ2v) is 5.00. The Bertz CT molecular complexity index is 653. The summed E-state index contributed by atoms with van der Waals surface area (Å²) in [5.74, 6) is 1.07. The van der Waals surface area contributed by atoms with Crippen molar-refractivity contribution in [3.05, 3.63) is 17.3 Å². The van der Waals surface area contributed by atoms with E-state index >= 15 is 0 Å². The zero-order valence-corrected chi connectivity index (χ0v) is 11.7. The van der Waals surface area contributed by atoms with E-state index in [0.717, 1.165) is 15.6 Å². The van der Waals surface area contributed by atoms with E-state index in [1.54, 1.807) is 13.2 Å². The minimum Gasteiger partial charge on any atom is -0.480 e. The van der Waals surface area contributed by atoms with Gasteiger partial charge < -0.3 is 14.8 Å². The number of nitrogens with one attached hydrogen (secondary N) is 1. The molecule has 3 heterocycles. The van der Waals surface area contributed by atoms with Crippen LogP contribution in [0.15, 0.2) is 22.1 Å². The van der Waals surface area contributed by atoms with Gasteiger partial charge in [0.05, 0.1) is 19.9 Å². The highest BCUT2D eigenvalue weighted by atomic mass is 35.5. The van der Waals surface area contributed by atoms with Crippen molar-refractivity contribution >= 4 is 34.9 Å². The number of pyridine rings is 1. The summed E-state index contributed by atoms with van der Waals surface area (Å²) >= 11 is 7.29. The van der Waals surface area contributed by atoms with Crippen LogP contribution >= 0.6 is 23.4 Å². The Hall–Kier alpha value is -1.73. The first-order valence-electron chi connectivity index (χ1n) is 5.32. The van der Waals surface area contributed by atoms with Crippen molar-refractivity contribution in [3.63, 3.8) is 0 Å². The van der Waals surface area contributed by atoms with E-state index in [2.05, 4.69) is 20.3 Å². The van der Waals surface area contributed by atoms with Crippen molar-refractivity contribution in [2.45, 2.75) is 9.92 Å². The molecule has 98 valence electrons. The summed E-state index contributed by atoms with van der Waals surface area (Å²) in [6.45, 7) is 0. The lowest BCUT2D eigenvalue weighted by molar-refractivity contribution is 0.346. The summed E-state index contributed by atoms with van der Waals surface area (Å²) in [4.78, 5) is 13.4. The number of anilines is 2. The average Bonchev–Trinajstić information content (AvgIpc) is 2.44. The summed E-state index contributed by atoms with van der Waals surface area (Å²) in [5, 5.41) is 4.36. The number of methoxy groups -OCH3 is 2. The molecule has 0 saturated heterocycles. The van der Waals surface area contributed by atoms with Crippen LogP contribution in [0.4, 0.5) is 11.5 Å². The van der Waals surface area contributed by atoms with Crippen LogP contribution in [0.5, 0.6) is 11.9 Å². The molecule has 19 heavy (non-hydrogen) atoms. The first-order chi connectivity index (χ1) is 9.21. The number of ether oxygens (including phenoxy) is 2. The fraction of sp³-hybridized carbons (Fsp3) is 0.182. The van der Waals surface area contributed by atoms with Crippen LogP contribution < -0.4 is 14.8 Å². The van der Waals surface area contributed by atoms with Gasteiger partial charge >= 0.3 is 6.01 Å². The molecule has 6 nitrogen and oxygen atoms in total. The quantitative estimate of drug-likeness (QED) is 0.729. The highest BCUT2D eigenvalue weighted by Gasteiger charge is 2.24. The Balaban J connectivity index is 2.11. The molecule has 0 aromatic carbocycles. The molecule has 0 atom stereocenters. The second-order valence-electron chi connectivity index (χ2n) is 3.61. The number of rotatable bonds is 2. The maximum absolute atomic E-state index is 5.89. The lowest BCUT2D eigenvalue weighted by Crippen LogP contribution is -2.07. The van der Waals surface area contributed by atoms with Gasteiger partial charge in [-0.25, -0.2) is 4.98 Å². The van der Waals surface area contributed by atoms with E-state index in [1.807, 2.05) is 6.07 Å². The fourth-order valence-corrected chi connectivity index (χ4v) is 2.81. The summed E-state index contributed by atoms with van der Waals surface area (Å²) in [7, 11) is 3.05. The lowest BCUT2D eigenvalue weighted by atomic mass is 10.4. The third-order valence-electron chi connectivity index (χ3n) is 2.47. The molecule has 1 aliphatic heterocycles. The fourth-order valence-electron chi connectivity index (χ4n) is 1.63. The van der Waals surface area contributed by atoms with Crippen LogP contribution in [0.3, 0.4) is 0 Å². The third-order valence-corrected chi connectivity index (χ3v) is 3.76. The van der Waals surface area contributed by atoms with Gasteiger partial charge in [-0.1, -0.05) is 23.4 Å². The average molecular weight is 297 g/mol. The number of hydrogen-bond donors (Lipinski definition) is 1. The van der Waals surface area contributed by atoms with E-state index in [-0.39, 0.29) is 6.01 Å². The molecule has 0 unspecified atom stereocenters. The molecule has 0 aliphatic carbocycles. The van der Waals surface area contributed by atoms with Gasteiger partial charge in [-0.15, -0.1) is 0 Å². The Kier molecular flexibility index (Phi) is 3.08. The summed E-state index contributed by atoms with van der Waals surface area (Å²) in [5.41, 5.74) is 0.838. The zero-order chi connectivity index (χ0) is 13.4. The largest absolute Gasteiger partial charge is 0.480 e. The smallest absolute Gasteiger partial charge is 0.321 e. The van der Waals surface area contributed by atoms with Gasteiger partial charge in [0, 0.05) is 0 Å². The Labute approximate surface area is 118 Å². The highest BCUT2D eigenvalue weighted by molar-refractivity contribution is 7.99. The predicted octanol–water partition coefficient (Wildman–Crippen LogP) is 2.75. The van der Waals surface area contributed by atoms with E-state index in [4.69, 9.17) is 21.1 Å². The molecule has 0 amide bonds. The van der Waals surface area contributed by atoms with Crippen molar-refractivity contribution in [1.82, 2.24) is 15.0 Å². The van der Waals surface area contributed by atoms with Crippen molar-refractivity contribution < 1.29 is 9.47 Å². The molecule has 8 heteroatoms. The van der Waals surface area contributed by atoms with E-state index < -0.39 is 0 Å². The Morgan fingerprint density at radius 3 is 2.74 bits per heavy atom. The van der Waals surface area contributed by atoms with Crippen molar-refractivity contribution in [1.29, 1.82) is 0 Å². The number of halogens is 1. The SMILES string of the molecule is COc1nc2c(c(OC)n1)Sc1nc(Cl)ccc1N2. The molecule has 0 radical (unpaired) electrons. The molecule has 1 aliphatic rings. The zero-order valence-electron chi connectivity index (χ0n) is 10.1. The lowest BCUT2D eigenvalue weighted by Gasteiger charge is -2.20. The molecule has 0 fully saturated rings. The topological polar surface area (TPSA) is 69.2 Å². The molecule has 2 aromatic heterocycles. The molecular formula is C11H9ClN4O2S. The molecular weight excluding hydrogens is 288 g/mol. The van der Waals surface area contributed by atoms with Gasteiger partial charge in [0.1, 0.15) is 15.1 Å². The monoisotopic (exact) mass is 296 g/mol. The van der Waals surface area contributed by atoms with Crippen molar-refractivity contribution in [2.75, 3.05) is 19.5 Å². The van der Waals surface area contributed by atoms with Gasteiger partial charge in [0.2, 0.25) is 5.88 Å².